The van der Waals surface area contributed by atoms with E-state index >= 15 is 0 Å². The first-order valence-corrected chi connectivity index (χ1v) is 7.13. The van der Waals surface area contributed by atoms with Crippen molar-refractivity contribution in [1.29, 1.82) is 0 Å². The molecular weight excluding hydrogens is 238 g/mol. The van der Waals surface area contributed by atoms with E-state index in [1.54, 1.807) is 0 Å². The molecule has 1 heterocycles. The molecule has 3 nitrogen and oxygen atoms in total. The first-order chi connectivity index (χ1) is 9.31. The first kappa shape index (κ1) is 12.4. The van der Waals surface area contributed by atoms with Gasteiger partial charge in [-0.3, -0.25) is 9.59 Å². The normalized spacial score (nSPS) is 26.9. The van der Waals surface area contributed by atoms with Gasteiger partial charge in [-0.2, -0.15) is 0 Å². The van der Waals surface area contributed by atoms with Crippen LogP contribution in [0.1, 0.15) is 42.9 Å². The molecule has 1 aromatic carbocycles. The number of hydrogen-bond donors (Lipinski definition) is 0. The fraction of sp³-hybridized carbons (Fsp3) is 0.500. The van der Waals surface area contributed by atoms with E-state index in [0.29, 0.717) is 12.2 Å². The van der Waals surface area contributed by atoms with E-state index in [9.17, 15) is 9.59 Å². The van der Waals surface area contributed by atoms with Crippen LogP contribution in [-0.2, 0) is 16.0 Å². The molecule has 1 aliphatic carbocycles. The van der Waals surface area contributed by atoms with Crippen molar-refractivity contribution in [2.75, 3.05) is 6.54 Å². The van der Waals surface area contributed by atoms with Crippen molar-refractivity contribution in [1.82, 2.24) is 4.90 Å². The molecule has 2 atom stereocenters. The van der Waals surface area contributed by atoms with Gasteiger partial charge >= 0.3 is 0 Å². The summed E-state index contributed by atoms with van der Waals surface area (Å²) in [4.78, 5) is 25.4. The molecule has 1 aliphatic heterocycles. The fourth-order valence-corrected chi connectivity index (χ4v) is 3.53. The van der Waals surface area contributed by atoms with Gasteiger partial charge in [-0.15, -0.1) is 0 Å². The summed E-state index contributed by atoms with van der Waals surface area (Å²) in [5.74, 6) is 0.334. The Balaban J connectivity index is 2.00. The maximum Gasteiger partial charge on any atom is 0.210 e. The zero-order chi connectivity index (χ0) is 13.2. The lowest BCUT2D eigenvalue weighted by molar-refractivity contribution is -0.130. The van der Waals surface area contributed by atoms with Crippen molar-refractivity contribution < 1.29 is 9.59 Å². The zero-order valence-electron chi connectivity index (χ0n) is 11.0. The molecule has 1 amide bonds. The predicted molar refractivity (Wildman–Crippen MR) is 72.6 cm³/mol. The number of benzene rings is 1. The smallest absolute Gasteiger partial charge is 0.210 e. The Bertz CT molecular complexity index is 497. The van der Waals surface area contributed by atoms with Gasteiger partial charge in [0.1, 0.15) is 5.78 Å². The van der Waals surface area contributed by atoms with E-state index in [4.69, 9.17) is 0 Å². The first-order valence-electron chi connectivity index (χ1n) is 7.13. The summed E-state index contributed by atoms with van der Waals surface area (Å²) in [6, 6.07) is 8.22. The number of fused-ring (bicyclic) bond motifs is 1. The Labute approximate surface area is 113 Å². The molecule has 0 saturated heterocycles. The highest BCUT2D eigenvalue weighted by atomic mass is 16.1. The van der Waals surface area contributed by atoms with Gasteiger partial charge in [-0.25, -0.2) is 0 Å². The third-order valence-electron chi connectivity index (χ3n) is 4.49. The van der Waals surface area contributed by atoms with Crippen LogP contribution in [0, 0.1) is 5.92 Å². The SMILES string of the molecule is O=CN1CCc2ccccc2C1C1CCCCC1=O. The van der Waals surface area contributed by atoms with Crippen LogP contribution in [0.3, 0.4) is 0 Å². The third kappa shape index (κ3) is 2.18. The maximum atomic E-state index is 12.2. The molecule has 1 aromatic rings. The number of carbonyl (C=O) groups is 2. The summed E-state index contributed by atoms with van der Waals surface area (Å²) in [5, 5.41) is 0. The average molecular weight is 257 g/mol. The second-order valence-electron chi connectivity index (χ2n) is 5.56. The van der Waals surface area contributed by atoms with Crippen LogP contribution in [0.2, 0.25) is 0 Å². The second-order valence-corrected chi connectivity index (χ2v) is 5.56. The van der Waals surface area contributed by atoms with Gasteiger partial charge in [0, 0.05) is 18.9 Å². The van der Waals surface area contributed by atoms with Crippen LogP contribution in [0.4, 0.5) is 0 Å². The van der Waals surface area contributed by atoms with E-state index in [1.807, 2.05) is 17.0 Å². The summed E-state index contributed by atoms with van der Waals surface area (Å²) in [5.41, 5.74) is 2.48. The lowest BCUT2D eigenvalue weighted by Gasteiger charge is -2.40. The minimum absolute atomic E-state index is 0.000370. The van der Waals surface area contributed by atoms with Gasteiger partial charge in [0.15, 0.2) is 0 Å². The topological polar surface area (TPSA) is 37.4 Å². The van der Waals surface area contributed by atoms with Crippen LogP contribution < -0.4 is 0 Å². The zero-order valence-corrected chi connectivity index (χ0v) is 11.0. The lowest BCUT2D eigenvalue weighted by Crippen LogP contribution is -2.41. The van der Waals surface area contributed by atoms with Crippen LogP contribution in [0.25, 0.3) is 0 Å². The highest BCUT2D eigenvalue weighted by Crippen LogP contribution is 2.39. The molecule has 1 saturated carbocycles. The highest BCUT2D eigenvalue weighted by molar-refractivity contribution is 5.83. The van der Waals surface area contributed by atoms with Gasteiger partial charge in [0.25, 0.3) is 0 Å². The summed E-state index contributed by atoms with van der Waals surface area (Å²) in [7, 11) is 0. The lowest BCUT2D eigenvalue weighted by atomic mass is 9.76. The minimum atomic E-state index is -0.0322. The van der Waals surface area contributed by atoms with E-state index < -0.39 is 0 Å². The van der Waals surface area contributed by atoms with Crippen molar-refractivity contribution in [2.45, 2.75) is 38.1 Å². The van der Waals surface area contributed by atoms with E-state index in [1.165, 1.54) is 11.1 Å². The Kier molecular flexibility index (Phi) is 3.36. The average Bonchev–Trinajstić information content (AvgIpc) is 2.47. The molecule has 2 unspecified atom stereocenters. The molecule has 3 rings (SSSR count). The second kappa shape index (κ2) is 5.16. The summed E-state index contributed by atoms with van der Waals surface area (Å²) >= 11 is 0. The molecule has 2 aliphatic rings. The molecule has 1 fully saturated rings. The minimum Gasteiger partial charge on any atom is -0.337 e. The van der Waals surface area contributed by atoms with Crippen LogP contribution >= 0.6 is 0 Å². The number of amides is 1. The number of nitrogens with zero attached hydrogens (tertiary/aromatic N) is 1. The molecule has 0 aromatic heterocycles. The van der Waals surface area contributed by atoms with Gasteiger partial charge in [0.2, 0.25) is 6.41 Å². The van der Waals surface area contributed by atoms with E-state index in [2.05, 4.69) is 12.1 Å². The monoisotopic (exact) mass is 257 g/mol. The molecule has 100 valence electrons. The molecule has 0 N–H and O–H groups in total. The molecular formula is C16H19NO2. The molecule has 3 heteroatoms. The molecule has 19 heavy (non-hydrogen) atoms. The summed E-state index contributed by atoms with van der Waals surface area (Å²) in [6.07, 6.45) is 5.51. The van der Waals surface area contributed by atoms with Gasteiger partial charge in [-0.1, -0.05) is 30.7 Å². The predicted octanol–water partition coefficient (Wildman–Crippen LogP) is 2.50. The number of rotatable bonds is 2. The highest BCUT2D eigenvalue weighted by Gasteiger charge is 2.37. The van der Waals surface area contributed by atoms with Crippen LogP contribution in [0.5, 0.6) is 0 Å². The maximum absolute atomic E-state index is 12.2. The quantitative estimate of drug-likeness (QED) is 0.763. The van der Waals surface area contributed by atoms with Crippen molar-refractivity contribution in [3.8, 4) is 0 Å². The van der Waals surface area contributed by atoms with E-state index in [0.717, 1.165) is 38.6 Å². The Morgan fingerprint density at radius 1 is 1.16 bits per heavy atom. The van der Waals surface area contributed by atoms with Crippen LogP contribution in [0.15, 0.2) is 24.3 Å². The largest absolute Gasteiger partial charge is 0.337 e. The summed E-state index contributed by atoms with van der Waals surface area (Å²) < 4.78 is 0. The Morgan fingerprint density at radius 2 is 2.00 bits per heavy atom. The number of ketones is 1. The molecule has 0 bridgehead atoms. The van der Waals surface area contributed by atoms with E-state index in [-0.39, 0.29) is 12.0 Å². The van der Waals surface area contributed by atoms with Crippen molar-refractivity contribution in [3.05, 3.63) is 35.4 Å². The van der Waals surface area contributed by atoms with Crippen molar-refractivity contribution in [2.24, 2.45) is 5.92 Å². The number of hydrogen-bond acceptors (Lipinski definition) is 2. The van der Waals surface area contributed by atoms with Gasteiger partial charge < -0.3 is 4.90 Å². The van der Waals surface area contributed by atoms with Gasteiger partial charge in [0.05, 0.1) is 6.04 Å². The Hall–Kier alpha value is -1.64. The third-order valence-corrected chi connectivity index (χ3v) is 4.49. The fourth-order valence-electron chi connectivity index (χ4n) is 3.53. The van der Waals surface area contributed by atoms with Crippen molar-refractivity contribution in [3.63, 3.8) is 0 Å². The molecule has 0 spiro atoms. The Morgan fingerprint density at radius 3 is 2.79 bits per heavy atom. The van der Waals surface area contributed by atoms with Gasteiger partial charge in [-0.05, 0) is 30.4 Å². The summed E-state index contributed by atoms with van der Waals surface area (Å²) in [6.45, 7) is 0.731. The van der Waals surface area contributed by atoms with Crippen molar-refractivity contribution >= 4 is 12.2 Å². The standard InChI is InChI=1S/C16H19NO2/c18-11-17-10-9-12-5-1-2-6-13(12)16(17)14-7-3-4-8-15(14)19/h1-2,5-6,11,14,16H,3-4,7-10H2. The van der Waals surface area contributed by atoms with Crippen LogP contribution in [-0.4, -0.2) is 23.6 Å². The number of carbonyl (C=O) groups excluding carboxylic acids is 2. The molecule has 0 radical (unpaired) electrons. The number of Topliss-reactive ketones (excluding diaryl/α,β-unsaturated/α-hetero) is 1.